The van der Waals surface area contributed by atoms with Crippen LogP contribution >= 0.6 is 11.3 Å². The third kappa shape index (κ3) is 4.17. The van der Waals surface area contributed by atoms with Gasteiger partial charge in [0.2, 0.25) is 0 Å². The number of hydrogen-bond donors (Lipinski definition) is 0. The fourth-order valence-corrected chi connectivity index (χ4v) is 4.15. The highest BCUT2D eigenvalue weighted by Gasteiger charge is 2.20. The van der Waals surface area contributed by atoms with Crippen LogP contribution in [-0.2, 0) is 11.2 Å². The third-order valence-electron chi connectivity index (χ3n) is 4.81. The van der Waals surface area contributed by atoms with E-state index in [4.69, 9.17) is 4.74 Å². The van der Waals surface area contributed by atoms with E-state index in [-0.39, 0.29) is 0 Å². The first-order valence-electron chi connectivity index (χ1n) is 8.33. The minimum Gasteiger partial charge on any atom is -0.384 e. The van der Waals surface area contributed by atoms with Gasteiger partial charge in [0.25, 0.3) is 0 Å². The Balaban J connectivity index is 1.46. The van der Waals surface area contributed by atoms with Crippen molar-refractivity contribution in [1.29, 1.82) is 0 Å². The summed E-state index contributed by atoms with van der Waals surface area (Å²) >= 11 is 1.77. The predicted octanol–water partition coefficient (Wildman–Crippen LogP) is 5.20. The normalized spacial score (nSPS) is 21.9. The molecule has 118 valence electrons. The van der Waals surface area contributed by atoms with Crippen molar-refractivity contribution in [2.24, 2.45) is 11.8 Å². The average molecular weight is 315 g/mol. The van der Waals surface area contributed by atoms with E-state index in [0.29, 0.717) is 0 Å². The maximum absolute atomic E-state index is 5.28. The second kappa shape index (κ2) is 7.89. The molecule has 0 bridgehead atoms. The molecule has 1 saturated carbocycles. The smallest absolute Gasteiger partial charge is 0.0490 e. The molecule has 0 radical (unpaired) electrons. The molecule has 2 heterocycles. The lowest BCUT2D eigenvalue weighted by Gasteiger charge is -2.27. The number of methoxy groups -OCH3 is 1. The quantitative estimate of drug-likeness (QED) is 0.731. The Bertz CT molecular complexity index is 541. The molecule has 0 atom stereocenters. The Morgan fingerprint density at radius 3 is 2.59 bits per heavy atom. The average Bonchev–Trinajstić information content (AvgIpc) is 3.09. The predicted molar refractivity (Wildman–Crippen MR) is 93.2 cm³/mol. The van der Waals surface area contributed by atoms with Crippen molar-refractivity contribution < 1.29 is 4.74 Å². The number of aryl methyl sites for hydroxylation is 1. The molecule has 0 spiro atoms. The summed E-state index contributed by atoms with van der Waals surface area (Å²) in [6.07, 6.45) is 9.82. The van der Waals surface area contributed by atoms with Gasteiger partial charge in [0.1, 0.15) is 0 Å². The molecule has 1 aliphatic carbocycles. The van der Waals surface area contributed by atoms with Gasteiger partial charge in [-0.3, -0.25) is 4.98 Å². The van der Waals surface area contributed by atoms with Gasteiger partial charge in [0, 0.05) is 36.0 Å². The lowest BCUT2D eigenvalue weighted by atomic mass is 9.80. The third-order valence-corrected chi connectivity index (χ3v) is 5.73. The summed E-state index contributed by atoms with van der Waals surface area (Å²) in [6.45, 7) is 0.943. The van der Waals surface area contributed by atoms with Crippen LogP contribution in [0.2, 0.25) is 0 Å². The van der Waals surface area contributed by atoms with E-state index in [1.807, 2.05) is 13.3 Å². The van der Waals surface area contributed by atoms with E-state index in [1.54, 1.807) is 11.3 Å². The first kappa shape index (κ1) is 15.7. The highest BCUT2D eigenvalue weighted by atomic mass is 32.1. The highest BCUT2D eigenvalue weighted by Crippen LogP contribution is 2.31. The van der Waals surface area contributed by atoms with Gasteiger partial charge >= 0.3 is 0 Å². The van der Waals surface area contributed by atoms with Crippen molar-refractivity contribution in [3.8, 4) is 10.4 Å². The summed E-state index contributed by atoms with van der Waals surface area (Å²) in [7, 11) is 1.82. The van der Waals surface area contributed by atoms with Gasteiger partial charge in [-0.2, -0.15) is 0 Å². The lowest BCUT2D eigenvalue weighted by Crippen LogP contribution is -2.18. The van der Waals surface area contributed by atoms with E-state index in [0.717, 1.165) is 24.9 Å². The zero-order valence-electron chi connectivity index (χ0n) is 13.3. The summed E-state index contributed by atoms with van der Waals surface area (Å²) < 4.78 is 5.28. The Hall–Kier alpha value is -1.19. The number of pyridine rings is 1. The molecule has 0 unspecified atom stereocenters. The molecule has 1 fully saturated rings. The van der Waals surface area contributed by atoms with Gasteiger partial charge in [-0.25, -0.2) is 0 Å². The fraction of sp³-hybridized carbons (Fsp3) is 0.526. The van der Waals surface area contributed by atoms with Gasteiger partial charge in [-0.15, -0.1) is 11.3 Å². The summed E-state index contributed by atoms with van der Waals surface area (Å²) in [5, 5.41) is 2.11. The highest BCUT2D eigenvalue weighted by molar-refractivity contribution is 7.13. The second-order valence-corrected chi connectivity index (χ2v) is 7.34. The van der Waals surface area contributed by atoms with Crippen LogP contribution < -0.4 is 0 Å². The van der Waals surface area contributed by atoms with Crippen LogP contribution in [0.1, 0.15) is 37.8 Å². The van der Waals surface area contributed by atoms with Crippen LogP contribution in [0.5, 0.6) is 0 Å². The Kier molecular flexibility index (Phi) is 5.63. The van der Waals surface area contributed by atoms with Crippen molar-refractivity contribution in [1.82, 2.24) is 4.98 Å². The van der Waals surface area contributed by atoms with Crippen LogP contribution in [0.25, 0.3) is 10.4 Å². The molecular weight excluding hydrogens is 290 g/mol. The molecule has 0 aromatic carbocycles. The molecule has 0 saturated heterocycles. The molecule has 0 aliphatic heterocycles. The van der Waals surface area contributed by atoms with Gasteiger partial charge in [-0.05, 0) is 55.0 Å². The zero-order chi connectivity index (χ0) is 15.2. The van der Waals surface area contributed by atoms with Gasteiger partial charge in [-0.1, -0.05) is 25.0 Å². The first-order valence-corrected chi connectivity index (χ1v) is 9.21. The van der Waals surface area contributed by atoms with Crippen molar-refractivity contribution >= 4 is 11.3 Å². The largest absolute Gasteiger partial charge is 0.384 e. The molecular formula is C19H25NOS. The topological polar surface area (TPSA) is 22.1 Å². The molecule has 0 amide bonds. The number of thiophene rings is 1. The number of hydrogen-bond acceptors (Lipinski definition) is 3. The minimum absolute atomic E-state index is 0.796. The summed E-state index contributed by atoms with van der Waals surface area (Å²) in [5.74, 6) is 1.68. The van der Waals surface area contributed by atoms with E-state index in [2.05, 4.69) is 34.6 Å². The standard InChI is InChI=1S/C19H25NOS/c1-21-14-16-6-4-15(5-7-16)8-10-18-11-9-17(13-20-18)19-3-2-12-22-19/h2-3,9,11-13,15-16H,4-8,10,14H2,1H3/t15-,16-. The van der Waals surface area contributed by atoms with Crippen LogP contribution in [-0.4, -0.2) is 18.7 Å². The fourth-order valence-electron chi connectivity index (χ4n) is 3.44. The van der Waals surface area contributed by atoms with E-state index >= 15 is 0 Å². The van der Waals surface area contributed by atoms with Crippen molar-refractivity contribution in [2.45, 2.75) is 38.5 Å². The van der Waals surface area contributed by atoms with Crippen LogP contribution in [0.15, 0.2) is 35.8 Å². The maximum Gasteiger partial charge on any atom is 0.0490 e. The molecule has 22 heavy (non-hydrogen) atoms. The van der Waals surface area contributed by atoms with Crippen molar-refractivity contribution in [3.63, 3.8) is 0 Å². The van der Waals surface area contributed by atoms with Gasteiger partial charge in [0.05, 0.1) is 0 Å². The van der Waals surface area contributed by atoms with Crippen molar-refractivity contribution in [3.05, 3.63) is 41.5 Å². The Labute approximate surface area is 137 Å². The molecule has 2 nitrogen and oxygen atoms in total. The monoisotopic (exact) mass is 315 g/mol. The van der Waals surface area contributed by atoms with Gasteiger partial charge in [0.15, 0.2) is 0 Å². The van der Waals surface area contributed by atoms with Crippen LogP contribution in [0.3, 0.4) is 0 Å². The van der Waals surface area contributed by atoms with Crippen molar-refractivity contribution in [2.75, 3.05) is 13.7 Å². The van der Waals surface area contributed by atoms with Gasteiger partial charge < -0.3 is 4.74 Å². The zero-order valence-corrected chi connectivity index (χ0v) is 14.1. The molecule has 3 rings (SSSR count). The van der Waals surface area contributed by atoms with E-state index in [9.17, 15) is 0 Å². The molecule has 2 aromatic heterocycles. The SMILES string of the molecule is COC[C@H]1CC[C@H](CCc2ccc(-c3cccs3)cn2)CC1. The van der Waals surface area contributed by atoms with E-state index < -0.39 is 0 Å². The molecule has 2 aromatic rings. The van der Waals surface area contributed by atoms with E-state index in [1.165, 1.54) is 48.2 Å². The first-order chi connectivity index (χ1) is 10.8. The Morgan fingerprint density at radius 1 is 1.14 bits per heavy atom. The molecule has 1 aliphatic rings. The lowest BCUT2D eigenvalue weighted by molar-refractivity contribution is 0.117. The number of nitrogens with zero attached hydrogens (tertiary/aromatic N) is 1. The maximum atomic E-state index is 5.28. The molecule has 0 N–H and O–H groups in total. The Morgan fingerprint density at radius 2 is 1.95 bits per heavy atom. The number of ether oxygens (including phenoxy) is 1. The summed E-state index contributed by atoms with van der Waals surface area (Å²) in [5.41, 5.74) is 2.47. The minimum atomic E-state index is 0.796. The summed E-state index contributed by atoms with van der Waals surface area (Å²) in [6, 6.07) is 8.66. The number of aromatic nitrogens is 1. The second-order valence-electron chi connectivity index (χ2n) is 6.40. The van der Waals surface area contributed by atoms with Crippen LogP contribution in [0, 0.1) is 11.8 Å². The van der Waals surface area contributed by atoms with Crippen LogP contribution in [0.4, 0.5) is 0 Å². The summed E-state index contributed by atoms with van der Waals surface area (Å²) in [4.78, 5) is 5.95. The molecule has 3 heteroatoms. The number of rotatable bonds is 6.